The molecular weight excluding hydrogens is 372 g/mol. The fourth-order valence-corrected chi connectivity index (χ4v) is 3.57. The Labute approximate surface area is 168 Å². The Kier molecular flexibility index (Phi) is 6.21. The van der Waals surface area contributed by atoms with Crippen molar-refractivity contribution in [2.45, 2.75) is 27.2 Å². The number of carbonyl (C=O) groups is 2. The molecule has 144 valence electrons. The first-order valence-corrected chi connectivity index (χ1v) is 9.94. The fourth-order valence-electron chi connectivity index (χ4n) is 2.78. The highest BCUT2D eigenvalue weighted by Crippen LogP contribution is 2.24. The van der Waals surface area contributed by atoms with Crippen LogP contribution < -0.4 is 5.32 Å². The minimum Gasteiger partial charge on any atom is -0.451 e. The lowest BCUT2D eigenvalue weighted by Crippen LogP contribution is -2.22. The number of benzene rings is 2. The number of rotatable bonds is 6. The second kappa shape index (κ2) is 8.80. The predicted octanol–water partition coefficient (Wildman–Crippen LogP) is 4.78. The number of nitrogens with one attached hydrogen (secondary N) is 1. The Morgan fingerprint density at radius 1 is 1.11 bits per heavy atom. The van der Waals surface area contributed by atoms with E-state index in [-0.39, 0.29) is 18.2 Å². The van der Waals surface area contributed by atoms with E-state index in [2.05, 4.69) is 10.3 Å². The summed E-state index contributed by atoms with van der Waals surface area (Å²) in [5, 5.41) is 5.22. The van der Waals surface area contributed by atoms with E-state index in [9.17, 15) is 9.59 Å². The van der Waals surface area contributed by atoms with Gasteiger partial charge in [0, 0.05) is 16.6 Å². The molecule has 0 spiro atoms. The van der Waals surface area contributed by atoms with Gasteiger partial charge >= 0.3 is 5.97 Å². The zero-order valence-electron chi connectivity index (χ0n) is 16.1. The van der Waals surface area contributed by atoms with E-state index >= 15 is 0 Å². The van der Waals surface area contributed by atoms with Crippen molar-refractivity contribution < 1.29 is 14.3 Å². The van der Waals surface area contributed by atoms with Crippen LogP contribution in [-0.2, 0) is 16.0 Å². The van der Waals surface area contributed by atoms with Gasteiger partial charge in [0.05, 0.1) is 0 Å². The lowest BCUT2D eigenvalue weighted by atomic mass is 10.1. The number of anilines is 1. The summed E-state index contributed by atoms with van der Waals surface area (Å²) in [5.74, 6) is -0.975. The normalized spacial score (nSPS) is 10.5. The summed E-state index contributed by atoms with van der Waals surface area (Å²) in [6.07, 6.45) is 0.803. The van der Waals surface area contributed by atoms with Crippen molar-refractivity contribution in [3.05, 3.63) is 70.2 Å². The zero-order valence-corrected chi connectivity index (χ0v) is 16.9. The molecule has 0 aliphatic rings. The molecule has 2 aromatic carbocycles. The smallest absolute Gasteiger partial charge is 0.358 e. The van der Waals surface area contributed by atoms with E-state index in [0.29, 0.717) is 0 Å². The zero-order chi connectivity index (χ0) is 20.1. The lowest BCUT2D eigenvalue weighted by Gasteiger charge is -2.12. The number of hydrogen-bond donors (Lipinski definition) is 1. The molecule has 28 heavy (non-hydrogen) atoms. The van der Waals surface area contributed by atoms with Gasteiger partial charge in [0.1, 0.15) is 5.01 Å². The molecule has 0 bridgehead atoms. The molecule has 0 aliphatic heterocycles. The number of hydrogen-bond acceptors (Lipinski definition) is 5. The van der Waals surface area contributed by atoms with Gasteiger partial charge in [0.25, 0.3) is 5.91 Å². The van der Waals surface area contributed by atoms with E-state index in [1.807, 2.05) is 63.2 Å². The van der Waals surface area contributed by atoms with Crippen LogP contribution in [0.2, 0.25) is 0 Å². The molecule has 0 aliphatic carbocycles. The van der Waals surface area contributed by atoms with Gasteiger partial charge in [-0.2, -0.15) is 0 Å². The average molecular weight is 394 g/mol. The Hall–Kier alpha value is -2.99. The summed E-state index contributed by atoms with van der Waals surface area (Å²) >= 11 is 1.37. The van der Waals surface area contributed by atoms with E-state index < -0.39 is 5.97 Å². The molecule has 1 aromatic heterocycles. The molecule has 0 saturated carbocycles. The van der Waals surface area contributed by atoms with Crippen LogP contribution in [0.3, 0.4) is 0 Å². The van der Waals surface area contributed by atoms with Crippen LogP contribution in [0.4, 0.5) is 5.69 Å². The molecule has 0 unspecified atom stereocenters. The molecule has 5 nitrogen and oxygen atoms in total. The van der Waals surface area contributed by atoms with Crippen LogP contribution in [-0.4, -0.2) is 23.5 Å². The van der Waals surface area contributed by atoms with E-state index in [0.717, 1.165) is 39.4 Å². The number of carbonyl (C=O) groups excluding carboxylic acids is 2. The SMILES string of the molecule is CCc1cccc(C)c1NC(=O)COC(=O)c1csc(-c2ccc(C)cc2)n1. The quantitative estimate of drug-likeness (QED) is 0.611. The average Bonchev–Trinajstić information content (AvgIpc) is 3.18. The summed E-state index contributed by atoms with van der Waals surface area (Å²) < 4.78 is 5.14. The largest absolute Gasteiger partial charge is 0.451 e. The summed E-state index contributed by atoms with van der Waals surface area (Å²) in [6.45, 7) is 5.62. The number of thiazole rings is 1. The standard InChI is InChI=1S/C22H22N2O3S/c1-4-16-7-5-6-15(3)20(16)24-19(25)12-27-22(26)18-13-28-21(23-18)17-10-8-14(2)9-11-17/h5-11,13H,4,12H2,1-3H3,(H,24,25). The van der Waals surface area contributed by atoms with Gasteiger partial charge in [-0.05, 0) is 31.4 Å². The monoisotopic (exact) mass is 394 g/mol. The number of esters is 1. The second-order valence-electron chi connectivity index (χ2n) is 6.49. The van der Waals surface area contributed by atoms with Crippen molar-refractivity contribution in [3.63, 3.8) is 0 Å². The van der Waals surface area contributed by atoms with Crippen LogP contribution in [0.1, 0.15) is 34.1 Å². The van der Waals surface area contributed by atoms with Crippen LogP contribution in [0, 0.1) is 13.8 Å². The minimum absolute atomic E-state index is 0.207. The number of aryl methyl sites for hydroxylation is 3. The van der Waals surface area contributed by atoms with Crippen LogP contribution in [0.5, 0.6) is 0 Å². The number of amides is 1. The van der Waals surface area contributed by atoms with Crippen molar-refractivity contribution >= 4 is 28.9 Å². The first kappa shape index (κ1) is 19.8. The maximum absolute atomic E-state index is 12.2. The van der Waals surface area contributed by atoms with Crippen molar-refractivity contribution in [1.82, 2.24) is 4.98 Å². The summed E-state index contributed by atoms with van der Waals surface area (Å²) in [4.78, 5) is 28.8. The third-order valence-corrected chi connectivity index (χ3v) is 5.24. The van der Waals surface area contributed by atoms with Gasteiger partial charge in [-0.3, -0.25) is 4.79 Å². The number of ether oxygens (including phenoxy) is 1. The number of aromatic nitrogens is 1. The highest BCUT2D eigenvalue weighted by molar-refractivity contribution is 7.13. The van der Waals surface area contributed by atoms with Crippen molar-refractivity contribution in [1.29, 1.82) is 0 Å². The molecule has 0 radical (unpaired) electrons. The minimum atomic E-state index is -0.606. The Morgan fingerprint density at radius 3 is 2.57 bits per heavy atom. The van der Waals surface area contributed by atoms with E-state index in [4.69, 9.17) is 4.74 Å². The van der Waals surface area contributed by atoms with Crippen molar-refractivity contribution in [3.8, 4) is 10.6 Å². The maximum atomic E-state index is 12.2. The third kappa shape index (κ3) is 4.64. The molecule has 3 aromatic rings. The summed E-state index contributed by atoms with van der Waals surface area (Å²) in [6, 6.07) is 13.8. The Morgan fingerprint density at radius 2 is 1.86 bits per heavy atom. The molecule has 1 amide bonds. The van der Waals surface area contributed by atoms with E-state index in [1.54, 1.807) is 5.38 Å². The van der Waals surface area contributed by atoms with Crippen LogP contribution in [0.25, 0.3) is 10.6 Å². The first-order valence-electron chi connectivity index (χ1n) is 9.06. The van der Waals surface area contributed by atoms with Gasteiger partial charge in [-0.15, -0.1) is 11.3 Å². The van der Waals surface area contributed by atoms with Gasteiger partial charge < -0.3 is 10.1 Å². The highest BCUT2D eigenvalue weighted by atomic mass is 32.1. The highest BCUT2D eigenvalue weighted by Gasteiger charge is 2.16. The Balaban J connectivity index is 1.60. The van der Waals surface area contributed by atoms with Crippen molar-refractivity contribution in [2.24, 2.45) is 0 Å². The van der Waals surface area contributed by atoms with Gasteiger partial charge in [0.15, 0.2) is 12.3 Å². The van der Waals surface area contributed by atoms with E-state index in [1.165, 1.54) is 11.3 Å². The molecule has 1 heterocycles. The molecule has 1 N–H and O–H groups in total. The van der Waals surface area contributed by atoms with Crippen molar-refractivity contribution in [2.75, 3.05) is 11.9 Å². The van der Waals surface area contributed by atoms with Gasteiger partial charge in [-0.25, -0.2) is 9.78 Å². The lowest BCUT2D eigenvalue weighted by molar-refractivity contribution is -0.119. The molecule has 6 heteroatoms. The van der Waals surface area contributed by atoms with Gasteiger partial charge in [-0.1, -0.05) is 55.0 Å². The van der Waals surface area contributed by atoms with Crippen LogP contribution in [0.15, 0.2) is 47.8 Å². The molecule has 0 atom stereocenters. The summed E-state index contributed by atoms with van der Waals surface area (Å²) in [5.41, 5.74) is 5.10. The maximum Gasteiger partial charge on any atom is 0.358 e. The third-order valence-electron chi connectivity index (χ3n) is 4.35. The number of para-hydroxylation sites is 1. The summed E-state index contributed by atoms with van der Waals surface area (Å²) in [7, 11) is 0. The Bertz CT molecular complexity index is 993. The first-order chi connectivity index (χ1) is 13.5. The second-order valence-corrected chi connectivity index (χ2v) is 7.35. The molecule has 0 saturated heterocycles. The molecule has 0 fully saturated rings. The predicted molar refractivity (Wildman–Crippen MR) is 112 cm³/mol. The van der Waals surface area contributed by atoms with Crippen LogP contribution >= 0.6 is 11.3 Å². The molecule has 3 rings (SSSR count). The molecular formula is C22H22N2O3S. The fraction of sp³-hybridized carbons (Fsp3) is 0.227. The van der Waals surface area contributed by atoms with Gasteiger partial charge in [0.2, 0.25) is 0 Å². The topological polar surface area (TPSA) is 68.3 Å². The number of nitrogens with zero attached hydrogens (tertiary/aromatic N) is 1.